The Morgan fingerprint density at radius 2 is 1.81 bits per heavy atom. The maximum atomic E-state index is 12.1. The van der Waals surface area contributed by atoms with Crippen molar-refractivity contribution < 1.29 is 9.53 Å². The molecule has 130 valence electrons. The average molecular weight is 410 g/mol. The molecular weight excluding hydrogens is 394 g/mol. The molecule has 6 heteroatoms. The normalized spacial score (nSPS) is 10.7. The molecule has 0 unspecified atom stereocenters. The highest BCUT2D eigenvalue weighted by atomic mass is 79.9. The Hall–Kier alpha value is -2.99. The van der Waals surface area contributed by atoms with Crippen LogP contribution in [0.3, 0.4) is 0 Å². The van der Waals surface area contributed by atoms with E-state index in [2.05, 4.69) is 31.4 Å². The lowest BCUT2D eigenvalue weighted by Gasteiger charge is -2.08. The van der Waals surface area contributed by atoms with Crippen LogP contribution < -0.4 is 10.2 Å². The lowest BCUT2D eigenvalue weighted by Crippen LogP contribution is -2.17. The van der Waals surface area contributed by atoms with Gasteiger partial charge in [0.25, 0.3) is 5.91 Å². The number of ether oxygens (including phenoxy) is 1. The van der Waals surface area contributed by atoms with E-state index in [9.17, 15) is 4.79 Å². The second kappa shape index (κ2) is 8.92. The molecule has 1 heterocycles. The van der Waals surface area contributed by atoms with E-state index >= 15 is 0 Å². The number of halogens is 1. The minimum Gasteiger partial charge on any atom is -0.488 e. The fourth-order valence-electron chi connectivity index (χ4n) is 2.15. The molecule has 0 aliphatic heterocycles. The number of rotatable bonds is 6. The fraction of sp³-hybridized carbons (Fsp3) is 0.0500. The van der Waals surface area contributed by atoms with Crippen LogP contribution >= 0.6 is 15.9 Å². The van der Waals surface area contributed by atoms with Crippen LogP contribution in [0, 0.1) is 0 Å². The number of carbonyl (C=O) groups excluding carboxylic acids is 1. The molecular formula is C20H16BrN3O2. The Labute approximate surface area is 159 Å². The van der Waals surface area contributed by atoms with Gasteiger partial charge in [-0.15, -0.1) is 0 Å². The van der Waals surface area contributed by atoms with Crippen molar-refractivity contribution in [2.24, 2.45) is 5.10 Å². The number of hydrogen-bond donors (Lipinski definition) is 1. The number of carbonyl (C=O) groups is 1. The first-order chi connectivity index (χ1) is 12.7. The molecule has 2 aromatic carbocycles. The lowest BCUT2D eigenvalue weighted by molar-refractivity contribution is 0.0955. The van der Waals surface area contributed by atoms with Gasteiger partial charge in [-0.2, -0.15) is 5.10 Å². The third-order valence-electron chi connectivity index (χ3n) is 3.53. The van der Waals surface area contributed by atoms with Crippen LogP contribution in [0.4, 0.5) is 0 Å². The van der Waals surface area contributed by atoms with Crippen molar-refractivity contribution in [3.8, 4) is 5.75 Å². The van der Waals surface area contributed by atoms with Gasteiger partial charge in [-0.1, -0.05) is 24.3 Å². The zero-order chi connectivity index (χ0) is 18.2. The molecule has 1 N–H and O–H groups in total. The third-order valence-corrected chi connectivity index (χ3v) is 4.19. The van der Waals surface area contributed by atoms with Gasteiger partial charge in [0.15, 0.2) is 0 Å². The summed E-state index contributed by atoms with van der Waals surface area (Å²) in [4.78, 5) is 16.0. The predicted octanol–water partition coefficient (Wildman–Crippen LogP) is 4.19. The number of amides is 1. The smallest absolute Gasteiger partial charge is 0.271 e. The van der Waals surface area contributed by atoms with Crippen LogP contribution in [-0.4, -0.2) is 17.1 Å². The molecule has 0 saturated carbocycles. The third kappa shape index (κ3) is 5.00. The zero-order valence-electron chi connectivity index (χ0n) is 13.8. The van der Waals surface area contributed by atoms with E-state index in [1.54, 1.807) is 42.9 Å². The van der Waals surface area contributed by atoms with Gasteiger partial charge in [-0.05, 0) is 63.5 Å². The summed E-state index contributed by atoms with van der Waals surface area (Å²) < 4.78 is 6.67. The molecule has 3 aromatic rings. The maximum absolute atomic E-state index is 12.1. The summed E-state index contributed by atoms with van der Waals surface area (Å²) in [5, 5.41) is 3.94. The first-order valence-corrected chi connectivity index (χ1v) is 8.71. The number of benzene rings is 2. The molecule has 5 nitrogen and oxygen atoms in total. The van der Waals surface area contributed by atoms with Crippen LogP contribution in [0.5, 0.6) is 5.75 Å². The summed E-state index contributed by atoms with van der Waals surface area (Å²) in [6, 6.07) is 18.5. The standard InChI is InChI=1S/C20H16BrN3O2/c21-18-3-1-2-4-19(18)26-14-16-5-7-17(8-6-16)20(25)24-23-13-15-9-11-22-12-10-15/h1-13H,14H2,(H,24,25)/b23-13-. The number of nitrogens with one attached hydrogen (secondary N) is 1. The largest absolute Gasteiger partial charge is 0.488 e. The SMILES string of the molecule is O=C(N/N=C\c1ccncc1)c1ccc(COc2ccccc2Br)cc1. The highest BCUT2D eigenvalue weighted by molar-refractivity contribution is 9.10. The minimum absolute atomic E-state index is 0.270. The van der Waals surface area contributed by atoms with Gasteiger partial charge >= 0.3 is 0 Å². The van der Waals surface area contributed by atoms with Crippen molar-refractivity contribution in [1.29, 1.82) is 0 Å². The van der Waals surface area contributed by atoms with Crippen LogP contribution in [0.2, 0.25) is 0 Å². The maximum Gasteiger partial charge on any atom is 0.271 e. The Kier molecular flexibility index (Phi) is 6.11. The van der Waals surface area contributed by atoms with E-state index in [1.165, 1.54) is 0 Å². The number of hydrogen-bond acceptors (Lipinski definition) is 4. The molecule has 0 bridgehead atoms. The summed E-state index contributed by atoms with van der Waals surface area (Å²) in [6.07, 6.45) is 4.90. The van der Waals surface area contributed by atoms with Gasteiger partial charge in [0.05, 0.1) is 10.7 Å². The minimum atomic E-state index is -0.270. The van der Waals surface area contributed by atoms with E-state index in [1.807, 2.05) is 36.4 Å². The van der Waals surface area contributed by atoms with Crippen molar-refractivity contribution in [3.63, 3.8) is 0 Å². The van der Waals surface area contributed by atoms with Crippen LogP contribution in [0.1, 0.15) is 21.5 Å². The van der Waals surface area contributed by atoms with Gasteiger partial charge in [0.2, 0.25) is 0 Å². The molecule has 26 heavy (non-hydrogen) atoms. The van der Waals surface area contributed by atoms with E-state index in [0.29, 0.717) is 12.2 Å². The first-order valence-electron chi connectivity index (χ1n) is 7.92. The molecule has 0 atom stereocenters. The molecule has 0 spiro atoms. The summed E-state index contributed by atoms with van der Waals surface area (Å²) in [6.45, 7) is 0.421. The number of nitrogens with zero attached hydrogens (tertiary/aromatic N) is 2. The van der Waals surface area contributed by atoms with Crippen molar-refractivity contribution in [2.75, 3.05) is 0 Å². The highest BCUT2D eigenvalue weighted by Gasteiger charge is 2.05. The van der Waals surface area contributed by atoms with Crippen molar-refractivity contribution in [1.82, 2.24) is 10.4 Å². The summed E-state index contributed by atoms with van der Waals surface area (Å²) >= 11 is 3.45. The number of para-hydroxylation sites is 1. The molecule has 3 rings (SSSR count). The van der Waals surface area contributed by atoms with Crippen LogP contribution in [0.15, 0.2) is 82.6 Å². The highest BCUT2D eigenvalue weighted by Crippen LogP contribution is 2.24. The van der Waals surface area contributed by atoms with Gasteiger partial charge in [-0.3, -0.25) is 9.78 Å². The molecule has 0 aliphatic rings. The second-order valence-corrected chi connectivity index (χ2v) is 6.25. The average Bonchev–Trinajstić information content (AvgIpc) is 2.68. The topological polar surface area (TPSA) is 63.6 Å². The zero-order valence-corrected chi connectivity index (χ0v) is 15.4. The lowest BCUT2D eigenvalue weighted by atomic mass is 10.1. The second-order valence-electron chi connectivity index (χ2n) is 5.40. The Balaban J connectivity index is 1.54. The molecule has 0 aliphatic carbocycles. The van der Waals surface area contributed by atoms with E-state index < -0.39 is 0 Å². The monoisotopic (exact) mass is 409 g/mol. The number of hydrazone groups is 1. The quantitative estimate of drug-likeness (QED) is 0.490. The Bertz CT molecular complexity index is 896. The van der Waals surface area contributed by atoms with Crippen LogP contribution in [0.25, 0.3) is 0 Å². The fourth-order valence-corrected chi connectivity index (χ4v) is 2.55. The number of aromatic nitrogens is 1. The summed E-state index contributed by atoms with van der Waals surface area (Å²) in [5.74, 6) is 0.508. The van der Waals surface area contributed by atoms with Gasteiger partial charge < -0.3 is 4.74 Å². The van der Waals surface area contributed by atoms with E-state index in [-0.39, 0.29) is 5.91 Å². The van der Waals surface area contributed by atoms with Crippen LogP contribution in [-0.2, 0) is 6.61 Å². The Morgan fingerprint density at radius 1 is 1.08 bits per heavy atom. The molecule has 1 aromatic heterocycles. The Morgan fingerprint density at radius 3 is 2.54 bits per heavy atom. The summed E-state index contributed by atoms with van der Waals surface area (Å²) in [7, 11) is 0. The van der Waals surface area contributed by atoms with Crippen molar-refractivity contribution in [2.45, 2.75) is 6.61 Å². The molecule has 1 amide bonds. The van der Waals surface area contributed by atoms with Gasteiger partial charge in [-0.25, -0.2) is 5.43 Å². The number of pyridine rings is 1. The first kappa shape index (κ1) is 17.8. The van der Waals surface area contributed by atoms with Gasteiger partial charge in [0.1, 0.15) is 12.4 Å². The van der Waals surface area contributed by atoms with Crippen molar-refractivity contribution >= 4 is 28.1 Å². The predicted molar refractivity (Wildman–Crippen MR) is 104 cm³/mol. The summed E-state index contributed by atoms with van der Waals surface area (Å²) in [5.41, 5.74) is 4.87. The van der Waals surface area contributed by atoms with Gasteiger partial charge in [0, 0.05) is 18.0 Å². The van der Waals surface area contributed by atoms with E-state index in [0.717, 1.165) is 21.3 Å². The molecule has 0 saturated heterocycles. The van der Waals surface area contributed by atoms with Crippen molar-refractivity contribution in [3.05, 3.63) is 94.2 Å². The molecule has 0 radical (unpaired) electrons. The van der Waals surface area contributed by atoms with E-state index in [4.69, 9.17) is 4.74 Å². The molecule has 0 fully saturated rings.